The Bertz CT molecular complexity index is 646. The predicted octanol–water partition coefficient (Wildman–Crippen LogP) is 0.0510. The SMILES string of the molecule is CC(=O)NC(OS(=O)(=O)c1ccc(C)cc1)C1CC(=O)N1. The molecule has 114 valence electrons. The van der Waals surface area contributed by atoms with Gasteiger partial charge in [-0.2, -0.15) is 8.42 Å². The van der Waals surface area contributed by atoms with Gasteiger partial charge in [-0.3, -0.25) is 9.59 Å². The lowest BCUT2D eigenvalue weighted by Gasteiger charge is -2.33. The summed E-state index contributed by atoms with van der Waals surface area (Å²) in [6, 6.07) is 5.59. The van der Waals surface area contributed by atoms with E-state index in [9.17, 15) is 18.0 Å². The van der Waals surface area contributed by atoms with Crippen LogP contribution in [0.5, 0.6) is 0 Å². The minimum Gasteiger partial charge on any atom is -0.348 e. The van der Waals surface area contributed by atoms with Gasteiger partial charge >= 0.3 is 0 Å². The van der Waals surface area contributed by atoms with Crippen molar-refractivity contribution in [1.82, 2.24) is 10.6 Å². The highest BCUT2D eigenvalue weighted by Gasteiger charge is 2.37. The van der Waals surface area contributed by atoms with Crippen LogP contribution in [0, 0.1) is 6.92 Å². The number of hydrogen-bond donors (Lipinski definition) is 2. The van der Waals surface area contributed by atoms with Gasteiger partial charge in [0.1, 0.15) is 0 Å². The zero-order chi connectivity index (χ0) is 15.6. The van der Waals surface area contributed by atoms with Gasteiger partial charge in [0.15, 0.2) is 6.23 Å². The average molecular weight is 312 g/mol. The normalized spacial score (nSPS) is 19.3. The van der Waals surface area contributed by atoms with Crippen molar-refractivity contribution in [3.05, 3.63) is 29.8 Å². The van der Waals surface area contributed by atoms with Crippen molar-refractivity contribution < 1.29 is 22.2 Å². The molecular formula is C13H16N2O5S. The number of aryl methyl sites for hydroxylation is 1. The molecule has 2 unspecified atom stereocenters. The van der Waals surface area contributed by atoms with Crippen LogP contribution in [-0.2, 0) is 23.9 Å². The second-order valence-corrected chi connectivity index (χ2v) is 6.43. The second-order valence-electron chi connectivity index (χ2n) is 4.86. The van der Waals surface area contributed by atoms with Gasteiger partial charge in [0, 0.05) is 6.92 Å². The molecule has 1 heterocycles. The van der Waals surface area contributed by atoms with Crippen molar-refractivity contribution in [1.29, 1.82) is 0 Å². The van der Waals surface area contributed by atoms with E-state index in [-0.39, 0.29) is 17.2 Å². The lowest BCUT2D eigenvalue weighted by molar-refractivity contribution is -0.133. The molecule has 0 saturated carbocycles. The van der Waals surface area contributed by atoms with Gasteiger partial charge < -0.3 is 10.6 Å². The lowest BCUT2D eigenvalue weighted by atomic mass is 10.1. The zero-order valence-corrected chi connectivity index (χ0v) is 12.4. The molecule has 1 aliphatic rings. The van der Waals surface area contributed by atoms with Crippen molar-refractivity contribution in [2.24, 2.45) is 0 Å². The van der Waals surface area contributed by atoms with Gasteiger partial charge in [0.2, 0.25) is 11.8 Å². The first-order valence-electron chi connectivity index (χ1n) is 6.34. The van der Waals surface area contributed by atoms with Crippen LogP contribution in [-0.4, -0.2) is 32.5 Å². The fourth-order valence-corrected chi connectivity index (χ4v) is 2.89. The van der Waals surface area contributed by atoms with Crippen LogP contribution in [0.1, 0.15) is 18.9 Å². The Morgan fingerprint density at radius 3 is 2.43 bits per heavy atom. The molecule has 2 atom stereocenters. The number of nitrogens with one attached hydrogen (secondary N) is 2. The van der Waals surface area contributed by atoms with E-state index < -0.39 is 28.3 Å². The summed E-state index contributed by atoms with van der Waals surface area (Å²) in [5.74, 6) is -0.660. The molecule has 2 amide bonds. The van der Waals surface area contributed by atoms with Gasteiger partial charge in [-0.15, -0.1) is 0 Å². The molecule has 2 N–H and O–H groups in total. The van der Waals surface area contributed by atoms with E-state index in [0.29, 0.717) is 0 Å². The van der Waals surface area contributed by atoms with Crippen molar-refractivity contribution in [3.63, 3.8) is 0 Å². The Morgan fingerprint density at radius 1 is 1.38 bits per heavy atom. The monoisotopic (exact) mass is 312 g/mol. The summed E-state index contributed by atoms with van der Waals surface area (Å²) in [7, 11) is -4.03. The van der Waals surface area contributed by atoms with Crippen LogP contribution in [0.2, 0.25) is 0 Å². The van der Waals surface area contributed by atoms with E-state index in [1.807, 2.05) is 6.92 Å². The van der Waals surface area contributed by atoms with Crippen molar-refractivity contribution in [2.75, 3.05) is 0 Å². The lowest BCUT2D eigenvalue weighted by Crippen LogP contribution is -2.61. The largest absolute Gasteiger partial charge is 0.348 e. The molecule has 0 aliphatic carbocycles. The maximum Gasteiger partial charge on any atom is 0.299 e. The van der Waals surface area contributed by atoms with Gasteiger partial charge in [-0.25, -0.2) is 4.18 Å². The van der Waals surface area contributed by atoms with E-state index in [4.69, 9.17) is 4.18 Å². The van der Waals surface area contributed by atoms with Crippen LogP contribution >= 0.6 is 0 Å². The average Bonchev–Trinajstić information content (AvgIpc) is 2.34. The smallest absolute Gasteiger partial charge is 0.299 e. The van der Waals surface area contributed by atoms with Crippen LogP contribution in [0.15, 0.2) is 29.2 Å². The van der Waals surface area contributed by atoms with Gasteiger partial charge in [0.25, 0.3) is 10.1 Å². The molecule has 0 radical (unpaired) electrons. The summed E-state index contributed by atoms with van der Waals surface area (Å²) in [6.45, 7) is 3.08. The molecule has 1 saturated heterocycles. The quantitative estimate of drug-likeness (QED) is 0.454. The van der Waals surface area contributed by atoms with E-state index in [0.717, 1.165) is 5.56 Å². The Hall–Kier alpha value is -1.93. The van der Waals surface area contributed by atoms with Crippen LogP contribution in [0.25, 0.3) is 0 Å². The molecule has 0 spiro atoms. The Morgan fingerprint density at radius 2 is 1.95 bits per heavy atom. The highest BCUT2D eigenvalue weighted by Crippen LogP contribution is 2.18. The third kappa shape index (κ3) is 3.79. The fraction of sp³-hybridized carbons (Fsp3) is 0.385. The van der Waals surface area contributed by atoms with E-state index in [1.165, 1.54) is 19.1 Å². The van der Waals surface area contributed by atoms with E-state index in [2.05, 4.69) is 10.6 Å². The van der Waals surface area contributed by atoms with Crippen molar-refractivity contribution >= 4 is 21.9 Å². The van der Waals surface area contributed by atoms with Crippen LogP contribution in [0.3, 0.4) is 0 Å². The predicted molar refractivity (Wildman–Crippen MR) is 73.6 cm³/mol. The summed E-state index contributed by atoms with van der Waals surface area (Å²) in [5, 5.41) is 4.87. The number of rotatable bonds is 5. The molecular weight excluding hydrogens is 296 g/mol. The van der Waals surface area contributed by atoms with Crippen molar-refractivity contribution in [3.8, 4) is 0 Å². The van der Waals surface area contributed by atoms with E-state index in [1.54, 1.807) is 12.1 Å². The first-order valence-corrected chi connectivity index (χ1v) is 7.75. The number of amides is 2. The number of β-lactam (4-membered cyclic amide) rings is 1. The molecule has 7 nitrogen and oxygen atoms in total. The maximum atomic E-state index is 12.2. The van der Waals surface area contributed by atoms with Gasteiger partial charge in [0.05, 0.1) is 17.4 Å². The Labute approximate surface area is 122 Å². The third-order valence-corrected chi connectivity index (χ3v) is 4.31. The zero-order valence-electron chi connectivity index (χ0n) is 11.6. The highest BCUT2D eigenvalue weighted by molar-refractivity contribution is 7.86. The fourth-order valence-electron chi connectivity index (χ4n) is 1.86. The van der Waals surface area contributed by atoms with Gasteiger partial charge in [-0.05, 0) is 19.1 Å². The highest BCUT2D eigenvalue weighted by atomic mass is 32.2. The Balaban J connectivity index is 2.16. The minimum absolute atomic E-state index is 0.00546. The first-order chi connectivity index (χ1) is 9.78. The van der Waals surface area contributed by atoms with Crippen LogP contribution in [0.4, 0.5) is 0 Å². The number of carbonyl (C=O) groups is 2. The molecule has 0 bridgehead atoms. The minimum atomic E-state index is -4.03. The first kappa shape index (κ1) is 15.5. The number of benzene rings is 1. The molecule has 8 heteroatoms. The molecule has 1 aliphatic heterocycles. The molecule has 1 aromatic carbocycles. The number of carbonyl (C=O) groups excluding carboxylic acids is 2. The summed E-state index contributed by atoms with van der Waals surface area (Å²) in [6.07, 6.45) is -1.01. The summed E-state index contributed by atoms with van der Waals surface area (Å²) >= 11 is 0. The third-order valence-electron chi connectivity index (χ3n) is 3.00. The molecule has 2 rings (SSSR count). The molecule has 21 heavy (non-hydrogen) atoms. The summed E-state index contributed by atoms with van der Waals surface area (Å²) in [5.41, 5.74) is 0.915. The number of hydrogen-bond acceptors (Lipinski definition) is 5. The topological polar surface area (TPSA) is 102 Å². The second kappa shape index (κ2) is 5.82. The van der Waals surface area contributed by atoms with Gasteiger partial charge in [-0.1, -0.05) is 17.7 Å². The molecule has 1 aromatic rings. The summed E-state index contributed by atoms with van der Waals surface area (Å²) in [4.78, 5) is 22.1. The van der Waals surface area contributed by atoms with Crippen LogP contribution < -0.4 is 10.6 Å². The molecule has 1 fully saturated rings. The maximum absolute atomic E-state index is 12.2. The molecule has 0 aromatic heterocycles. The summed E-state index contributed by atoms with van der Waals surface area (Å²) < 4.78 is 29.4. The van der Waals surface area contributed by atoms with E-state index >= 15 is 0 Å². The van der Waals surface area contributed by atoms with Crippen molar-refractivity contribution in [2.45, 2.75) is 37.4 Å². The standard InChI is InChI=1S/C13H16N2O5S/c1-8-3-5-10(6-4-8)21(18,19)20-13(14-9(2)16)11-7-12(17)15-11/h3-6,11,13H,7H2,1-2H3,(H,14,16)(H,15,17). The Kier molecular flexibility index (Phi) is 4.29.